The fourth-order valence-electron chi connectivity index (χ4n) is 1.76. The van der Waals surface area contributed by atoms with Gasteiger partial charge in [0.25, 0.3) is 0 Å². The summed E-state index contributed by atoms with van der Waals surface area (Å²) in [6, 6.07) is 9.94. The Kier molecular flexibility index (Phi) is 3.62. The van der Waals surface area contributed by atoms with Gasteiger partial charge >= 0.3 is 0 Å². The molecule has 0 aliphatic carbocycles. The van der Waals surface area contributed by atoms with Gasteiger partial charge in [-0.1, -0.05) is 12.1 Å². The Labute approximate surface area is 114 Å². The second-order valence-corrected chi connectivity index (χ2v) is 5.02. The topological polar surface area (TPSA) is 17.1 Å². The van der Waals surface area contributed by atoms with Crippen molar-refractivity contribution in [2.75, 3.05) is 0 Å². The van der Waals surface area contributed by atoms with Crippen molar-refractivity contribution in [2.45, 2.75) is 13.8 Å². The summed E-state index contributed by atoms with van der Waals surface area (Å²) in [7, 11) is 0. The standard InChI is InChI=1S/C15H12BrFO/c1-9-4-3-5-12(14(9)16)15(18)11-6-7-13(17)10(2)8-11/h3-8H,1-2H3. The Balaban J connectivity index is 2.48. The SMILES string of the molecule is Cc1cc(C(=O)c2cccc(C)c2Br)ccc1F. The van der Waals surface area contributed by atoms with Crippen LogP contribution in [0.25, 0.3) is 0 Å². The smallest absolute Gasteiger partial charge is 0.194 e. The van der Waals surface area contributed by atoms with Crippen molar-refractivity contribution in [1.29, 1.82) is 0 Å². The maximum Gasteiger partial charge on any atom is 0.194 e. The van der Waals surface area contributed by atoms with E-state index in [1.165, 1.54) is 12.1 Å². The third-order valence-electron chi connectivity index (χ3n) is 2.86. The number of halogens is 2. The number of carbonyl (C=O) groups excluding carboxylic acids is 1. The van der Waals surface area contributed by atoms with Crippen LogP contribution in [0.3, 0.4) is 0 Å². The maximum absolute atomic E-state index is 13.2. The number of ketones is 1. The van der Waals surface area contributed by atoms with E-state index in [4.69, 9.17) is 0 Å². The van der Waals surface area contributed by atoms with Crippen molar-refractivity contribution in [3.05, 3.63) is 68.9 Å². The lowest BCUT2D eigenvalue weighted by Crippen LogP contribution is -2.04. The Morgan fingerprint density at radius 1 is 1.11 bits per heavy atom. The monoisotopic (exact) mass is 306 g/mol. The molecule has 1 nitrogen and oxygen atoms in total. The Bertz CT molecular complexity index is 620. The van der Waals surface area contributed by atoms with Gasteiger partial charge in [-0.25, -0.2) is 4.39 Å². The predicted octanol–water partition coefficient (Wildman–Crippen LogP) is 4.44. The minimum atomic E-state index is -0.296. The quantitative estimate of drug-likeness (QED) is 0.750. The lowest BCUT2D eigenvalue weighted by atomic mass is 10.00. The molecule has 0 atom stereocenters. The van der Waals surface area contributed by atoms with Crippen LogP contribution in [0.2, 0.25) is 0 Å². The summed E-state index contributed by atoms with van der Waals surface area (Å²) in [5.74, 6) is -0.400. The van der Waals surface area contributed by atoms with Crippen LogP contribution in [0.15, 0.2) is 40.9 Å². The molecular weight excluding hydrogens is 295 g/mol. The molecular formula is C15H12BrFO. The van der Waals surface area contributed by atoms with Crippen LogP contribution in [0, 0.1) is 19.7 Å². The van der Waals surface area contributed by atoms with Gasteiger partial charge in [-0.05, 0) is 65.2 Å². The van der Waals surface area contributed by atoms with Crippen molar-refractivity contribution in [3.8, 4) is 0 Å². The van der Waals surface area contributed by atoms with Gasteiger partial charge in [-0.3, -0.25) is 4.79 Å². The first-order chi connectivity index (χ1) is 8.50. The van der Waals surface area contributed by atoms with Crippen LogP contribution in [0.1, 0.15) is 27.0 Å². The summed E-state index contributed by atoms with van der Waals surface area (Å²) < 4.78 is 14.0. The number of hydrogen-bond donors (Lipinski definition) is 0. The molecule has 0 aromatic heterocycles. The third-order valence-corrected chi connectivity index (χ3v) is 3.91. The molecule has 2 aromatic carbocycles. The molecule has 3 heteroatoms. The van der Waals surface area contributed by atoms with Gasteiger partial charge in [0.15, 0.2) is 5.78 Å². The fourth-order valence-corrected chi connectivity index (χ4v) is 2.21. The van der Waals surface area contributed by atoms with Crippen LogP contribution in [0.5, 0.6) is 0 Å². The summed E-state index contributed by atoms with van der Waals surface area (Å²) >= 11 is 3.42. The zero-order valence-corrected chi connectivity index (χ0v) is 11.7. The molecule has 0 saturated carbocycles. The van der Waals surface area contributed by atoms with Crippen LogP contribution < -0.4 is 0 Å². The molecule has 0 aliphatic heterocycles. The average Bonchev–Trinajstić information content (AvgIpc) is 2.35. The second kappa shape index (κ2) is 5.02. The summed E-state index contributed by atoms with van der Waals surface area (Å²) in [6.07, 6.45) is 0. The number of rotatable bonds is 2. The highest BCUT2D eigenvalue weighted by molar-refractivity contribution is 9.10. The molecule has 0 aliphatic rings. The molecule has 2 rings (SSSR count). The van der Waals surface area contributed by atoms with Crippen molar-refractivity contribution in [1.82, 2.24) is 0 Å². The number of benzene rings is 2. The first-order valence-electron chi connectivity index (χ1n) is 5.56. The van der Waals surface area contributed by atoms with Gasteiger partial charge in [0.05, 0.1) is 0 Å². The van der Waals surface area contributed by atoms with Crippen LogP contribution >= 0.6 is 15.9 Å². The van der Waals surface area contributed by atoms with Crippen molar-refractivity contribution in [2.24, 2.45) is 0 Å². The summed E-state index contributed by atoms with van der Waals surface area (Å²) in [5.41, 5.74) is 2.57. The molecule has 0 saturated heterocycles. The van der Waals surface area contributed by atoms with Gasteiger partial charge in [0, 0.05) is 15.6 Å². The van der Waals surface area contributed by atoms with E-state index in [1.807, 2.05) is 19.1 Å². The number of hydrogen-bond acceptors (Lipinski definition) is 1. The normalized spacial score (nSPS) is 10.4. The van der Waals surface area contributed by atoms with E-state index >= 15 is 0 Å². The van der Waals surface area contributed by atoms with Crippen LogP contribution in [-0.2, 0) is 0 Å². The molecule has 0 bridgehead atoms. The van der Waals surface area contributed by atoms with E-state index in [-0.39, 0.29) is 11.6 Å². The second-order valence-electron chi connectivity index (χ2n) is 4.23. The minimum absolute atomic E-state index is 0.103. The van der Waals surface area contributed by atoms with Crippen LogP contribution in [-0.4, -0.2) is 5.78 Å². The van der Waals surface area contributed by atoms with E-state index in [0.717, 1.165) is 10.0 Å². The average molecular weight is 307 g/mol. The molecule has 0 radical (unpaired) electrons. The molecule has 92 valence electrons. The summed E-state index contributed by atoms with van der Waals surface area (Å²) in [4.78, 5) is 12.3. The minimum Gasteiger partial charge on any atom is -0.289 e. The maximum atomic E-state index is 13.2. The third kappa shape index (κ3) is 2.36. The first kappa shape index (κ1) is 13.0. The molecule has 0 spiro atoms. The summed E-state index contributed by atoms with van der Waals surface area (Å²) in [6.45, 7) is 3.58. The highest BCUT2D eigenvalue weighted by atomic mass is 79.9. The molecule has 0 unspecified atom stereocenters. The largest absolute Gasteiger partial charge is 0.289 e. The zero-order valence-electron chi connectivity index (χ0n) is 10.1. The lowest BCUT2D eigenvalue weighted by molar-refractivity contribution is 0.103. The van der Waals surface area contributed by atoms with Gasteiger partial charge in [-0.15, -0.1) is 0 Å². The molecule has 0 heterocycles. The van der Waals surface area contributed by atoms with Gasteiger partial charge in [0.1, 0.15) is 5.82 Å². The Hall–Kier alpha value is -1.48. The number of carbonyl (C=O) groups is 1. The van der Waals surface area contributed by atoms with Crippen molar-refractivity contribution in [3.63, 3.8) is 0 Å². The Morgan fingerprint density at radius 3 is 2.50 bits per heavy atom. The summed E-state index contributed by atoms with van der Waals surface area (Å²) in [5, 5.41) is 0. The van der Waals surface area contributed by atoms with Crippen LogP contribution in [0.4, 0.5) is 4.39 Å². The van der Waals surface area contributed by atoms with E-state index < -0.39 is 0 Å². The Morgan fingerprint density at radius 2 is 1.83 bits per heavy atom. The molecule has 0 N–H and O–H groups in total. The van der Waals surface area contributed by atoms with Crippen molar-refractivity contribution >= 4 is 21.7 Å². The molecule has 18 heavy (non-hydrogen) atoms. The van der Waals surface area contributed by atoms with Crippen molar-refractivity contribution < 1.29 is 9.18 Å². The van der Waals surface area contributed by atoms with E-state index in [2.05, 4.69) is 15.9 Å². The van der Waals surface area contributed by atoms with E-state index in [0.29, 0.717) is 16.7 Å². The zero-order chi connectivity index (χ0) is 13.3. The predicted molar refractivity (Wildman–Crippen MR) is 73.4 cm³/mol. The van der Waals surface area contributed by atoms with E-state index in [9.17, 15) is 9.18 Å². The highest BCUT2D eigenvalue weighted by Gasteiger charge is 2.14. The van der Waals surface area contributed by atoms with Gasteiger partial charge in [0.2, 0.25) is 0 Å². The highest BCUT2D eigenvalue weighted by Crippen LogP contribution is 2.24. The molecule has 0 fully saturated rings. The fraction of sp³-hybridized carbons (Fsp3) is 0.133. The number of aryl methyl sites for hydroxylation is 2. The van der Waals surface area contributed by atoms with E-state index in [1.54, 1.807) is 19.1 Å². The van der Waals surface area contributed by atoms with Gasteiger partial charge in [-0.2, -0.15) is 0 Å². The lowest BCUT2D eigenvalue weighted by Gasteiger charge is -2.07. The molecule has 2 aromatic rings. The first-order valence-corrected chi connectivity index (χ1v) is 6.36. The molecule has 0 amide bonds. The van der Waals surface area contributed by atoms with Gasteiger partial charge < -0.3 is 0 Å².